The van der Waals surface area contributed by atoms with Crippen LogP contribution >= 0.6 is 0 Å². The van der Waals surface area contributed by atoms with Crippen molar-refractivity contribution in [2.24, 2.45) is 5.16 Å². The summed E-state index contributed by atoms with van der Waals surface area (Å²) in [5, 5.41) is 7.35. The van der Waals surface area contributed by atoms with Crippen molar-refractivity contribution in [2.45, 2.75) is 33.6 Å². The van der Waals surface area contributed by atoms with Crippen LogP contribution in [0.2, 0.25) is 0 Å². The molecule has 2 aromatic rings. The molecule has 1 N–H and O–H groups in total. The van der Waals surface area contributed by atoms with Crippen LogP contribution in [-0.2, 0) is 11.3 Å². The molecule has 2 aromatic carbocycles. The first-order chi connectivity index (χ1) is 13.1. The van der Waals surface area contributed by atoms with E-state index in [2.05, 4.69) is 60.7 Å². The Labute approximate surface area is 162 Å². The highest BCUT2D eigenvalue weighted by molar-refractivity contribution is 5.79. The summed E-state index contributed by atoms with van der Waals surface area (Å²) in [5.74, 6) is 0.922. The molecule has 0 bridgehead atoms. The number of rotatable bonds is 10. The van der Waals surface area contributed by atoms with E-state index in [-0.39, 0.29) is 0 Å². The first-order valence-corrected chi connectivity index (χ1v) is 9.38. The molecular formula is C23H30N2O2. The molecule has 4 nitrogen and oxygen atoms in total. The lowest BCUT2D eigenvalue weighted by molar-refractivity contribution is 0.215. The van der Waals surface area contributed by atoms with Crippen molar-refractivity contribution in [3.8, 4) is 5.75 Å². The number of oxime groups is 1. The average Bonchev–Trinajstić information content (AvgIpc) is 2.66. The minimum absolute atomic E-state index is 0.609. The number of allylic oxidation sites excluding steroid dienone is 1. The molecule has 0 saturated carbocycles. The predicted molar refractivity (Wildman–Crippen MR) is 114 cm³/mol. The Bertz CT molecular complexity index is 741. The van der Waals surface area contributed by atoms with E-state index < -0.39 is 0 Å². The molecular weight excluding hydrogens is 336 g/mol. The molecule has 27 heavy (non-hydrogen) atoms. The smallest absolute Gasteiger partial charge is 0.120 e. The minimum atomic E-state index is 0.609. The number of nitrogens with one attached hydrogen (secondary N) is 1. The van der Waals surface area contributed by atoms with Crippen molar-refractivity contribution in [2.75, 3.05) is 25.6 Å². The third-order valence-electron chi connectivity index (χ3n) is 4.32. The van der Waals surface area contributed by atoms with Gasteiger partial charge in [-0.25, -0.2) is 0 Å². The monoisotopic (exact) mass is 366 g/mol. The van der Waals surface area contributed by atoms with Crippen molar-refractivity contribution in [1.82, 2.24) is 0 Å². The lowest BCUT2D eigenvalue weighted by atomic mass is 10.1. The first kappa shape index (κ1) is 20.6. The molecule has 0 radical (unpaired) electrons. The van der Waals surface area contributed by atoms with E-state index in [4.69, 9.17) is 9.57 Å². The van der Waals surface area contributed by atoms with E-state index in [1.165, 1.54) is 22.4 Å². The number of anilines is 1. The van der Waals surface area contributed by atoms with Gasteiger partial charge in [-0.2, -0.15) is 0 Å². The SMILES string of the molecule is C/C=C/COc1cc(C)c(NCCCc2ccc(C=NOC)cc2)c(C)c1. The second kappa shape index (κ2) is 11.1. The molecule has 0 fully saturated rings. The van der Waals surface area contributed by atoms with Gasteiger partial charge in [0.2, 0.25) is 0 Å². The summed E-state index contributed by atoms with van der Waals surface area (Å²) in [7, 11) is 1.55. The Morgan fingerprint density at radius 1 is 1.07 bits per heavy atom. The van der Waals surface area contributed by atoms with Gasteiger partial charge < -0.3 is 14.9 Å². The van der Waals surface area contributed by atoms with Gasteiger partial charge in [0.1, 0.15) is 19.5 Å². The Kier molecular flexibility index (Phi) is 8.43. The molecule has 0 spiro atoms. The fourth-order valence-electron chi connectivity index (χ4n) is 2.92. The van der Waals surface area contributed by atoms with Gasteiger partial charge in [-0.1, -0.05) is 41.6 Å². The minimum Gasteiger partial charge on any atom is -0.490 e. The fraction of sp³-hybridized carbons (Fsp3) is 0.348. The van der Waals surface area contributed by atoms with Gasteiger partial charge >= 0.3 is 0 Å². The number of aryl methyl sites for hydroxylation is 3. The number of hydrogen-bond donors (Lipinski definition) is 1. The van der Waals surface area contributed by atoms with E-state index in [1.54, 1.807) is 13.3 Å². The lowest BCUT2D eigenvalue weighted by Gasteiger charge is -2.15. The zero-order valence-corrected chi connectivity index (χ0v) is 16.8. The van der Waals surface area contributed by atoms with E-state index in [0.717, 1.165) is 30.7 Å². The van der Waals surface area contributed by atoms with Crippen LogP contribution < -0.4 is 10.1 Å². The fourth-order valence-corrected chi connectivity index (χ4v) is 2.92. The highest BCUT2D eigenvalue weighted by Crippen LogP contribution is 2.26. The first-order valence-electron chi connectivity index (χ1n) is 9.38. The maximum absolute atomic E-state index is 5.75. The highest BCUT2D eigenvalue weighted by atomic mass is 16.6. The van der Waals surface area contributed by atoms with Crippen LogP contribution in [0.1, 0.15) is 35.6 Å². The van der Waals surface area contributed by atoms with Crippen molar-refractivity contribution >= 4 is 11.9 Å². The van der Waals surface area contributed by atoms with Gasteiger partial charge in [0.15, 0.2) is 0 Å². The van der Waals surface area contributed by atoms with Gasteiger partial charge in [0, 0.05) is 12.2 Å². The normalized spacial score (nSPS) is 11.3. The molecule has 4 heteroatoms. The molecule has 0 unspecified atom stereocenters. The molecule has 0 saturated heterocycles. The highest BCUT2D eigenvalue weighted by Gasteiger charge is 2.05. The standard InChI is InChI=1S/C23H30N2O2/c1-5-6-14-27-22-15-18(2)23(19(3)16-22)24-13-7-8-20-9-11-21(12-10-20)17-25-26-4/h5-6,9-12,15-17,24H,7-8,13-14H2,1-4H3/b6-5+,25-17?. The van der Waals surface area contributed by atoms with Gasteiger partial charge in [-0.05, 0) is 68.0 Å². The number of benzene rings is 2. The molecule has 2 rings (SSSR count). The van der Waals surface area contributed by atoms with E-state index >= 15 is 0 Å². The Balaban J connectivity index is 1.83. The summed E-state index contributed by atoms with van der Waals surface area (Å²) in [5.41, 5.74) is 6.01. The zero-order valence-electron chi connectivity index (χ0n) is 16.8. The van der Waals surface area contributed by atoms with Gasteiger partial charge in [0.05, 0.1) is 6.21 Å². The van der Waals surface area contributed by atoms with Crippen molar-refractivity contribution in [3.63, 3.8) is 0 Å². The van der Waals surface area contributed by atoms with Crippen molar-refractivity contribution in [3.05, 3.63) is 70.8 Å². The lowest BCUT2D eigenvalue weighted by Crippen LogP contribution is -2.06. The predicted octanol–water partition coefficient (Wildman–Crippen LogP) is 5.28. The number of nitrogens with zero attached hydrogens (tertiary/aromatic N) is 1. The van der Waals surface area contributed by atoms with Crippen LogP contribution in [0, 0.1) is 13.8 Å². The summed E-state index contributed by atoms with van der Waals surface area (Å²) < 4.78 is 5.75. The molecule has 144 valence electrons. The number of ether oxygens (including phenoxy) is 1. The van der Waals surface area contributed by atoms with Crippen LogP contribution in [-0.4, -0.2) is 26.5 Å². The van der Waals surface area contributed by atoms with Gasteiger partial charge in [-0.15, -0.1) is 0 Å². The summed E-state index contributed by atoms with van der Waals surface area (Å²) >= 11 is 0. The van der Waals surface area contributed by atoms with Crippen LogP contribution in [0.15, 0.2) is 53.7 Å². The van der Waals surface area contributed by atoms with Crippen LogP contribution in [0.5, 0.6) is 5.75 Å². The van der Waals surface area contributed by atoms with Gasteiger partial charge in [-0.3, -0.25) is 0 Å². The van der Waals surface area contributed by atoms with Crippen molar-refractivity contribution < 1.29 is 9.57 Å². The molecule has 0 heterocycles. The Hall–Kier alpha value is -2.75. The maximum atomic E-state index is 5.75. The molecule has 0 aliphatic heterocycles. The average molecular weight is 367 g/mol. The van der Waals surface area contributed by atoms with Crippen LogP contribution in [0.25, 0.3) is 0 Å². The van der Waals surface area contributed by atoms with Crippen LogP contribution in [0.3, 0.4) is 0 Å². The summed E-state index contributed by atoms with van der Waals surface area (Å²) in [6, 6.07) is 12.6. The molecule has 0 aliphatic rings. The molecule has 0 amide bonds. The Morgan fingerprint density at radius 3 is 2.41 bits per heavy atom. The maximum Gasteiger partial charge on any atom is 0.120 e. The van der Waals surface area contributed by atoms with Crippen molar-refractivity contribution in [1.29, 1.82) is 0 Å². The largest absolute Gasteiger partial charge is 0.490 e. The van der Waals surface area contributed by atoms with Gasteiger partial charge in [0.25, 0.3) is 0 Å². The Morgan fingerprint density at radius 2 is 1.78 bits per heavy atom. The molecule has 0 atom stereocenters. The number of hydrogen-bond acceptors (Lipinski definition) is 4. The summed E-state index contributed by atoms with van der Waals surface area (Å²) in [4.78, 5) is 4.70. The van der Waals surface area contributed by atoms with E-state index in [9.17, 15) is 0 Å². The second-order valence-corrected chi connectivity index (χ2v) is 6.50. The molecule has 0 aromatic heterocycles. The second-order valence-electron chi connectivity index (χ2n) is 6.50. The summed E-state index contributed by atoms with van der Waals surface area (Å²) in [6.45, 7) is 7.79. The van der Waals surface area contributed by atoms with Crippen LogP contribution in [0.4, 0.5) is 5.69 Å². The quantitative estimate of drug-likeness (QED) is 0.269. The zero-order chi connectivity index (χ0) is 19.5. The van der Waals surface area contributed by atoms with E-state index in [1.807, 2.05) is 19.1 Å². The summed E-state index contributed by atoms with van der Waals surface area (Å²) in [6.07, 6.45) is 7.83. The third-order valence-corrected chi connectivity index (χ3v) is 4.32. The molecule has 0 aliphatic carbocycles. The van der Waals surface area contributed by atoms with E-state index in [0.29, 0.717) is 6.61 Å². The topological polar surface area (TPSA) is 42.8 Å². The third kappa shape index (κ3) is 6.81.